The topological polar surface area (TPSA) is 78.3 Å². The van der Waals surface area contributed by atoms with Crippen molar-refractivity contribution >= 4 is 5.91 Å². The van der Waals surface area contributed by atoms with Crippen LogP contribution in [0.2, 0.25) is 0 Å². The van der Waals surface area contributed by atoms with E-state index in [0.717, 1.165) is 11.3 Å². The molecule has 1 aromatic rings. The van der Waals surface area contributed by atoms with Gasteiger partial charge in [-0.3, -0.25) is 4.79 Å². The summed E-state index contributed by atoms with van der Waals surface area (Å²) >= 11 is 0. The fourth-order valence-corrected chi connectivity index (χ4v) is 2.51. The number of rotatable bonds is 4. The van der Waals surface area contributed by atoms with E-state index < -0.39 is 6.04 Å². The summed E-state index contributed by atoms with van der Waals surface area (Å²) in [5.41, 5.74) is 9.27. The van der Waals surface area contributed by atoms with Gasteiger partial charge in [0.15, 0.2) is 0 Å². The lowest BCUT2D eigenvalue weighted by molar-refractivity contribution is -0.129. The number of carbonyl (C=O) groups is 1. The van der Waals surface area contributed by atoms with Gasteiger partial charge in [-0.1, -0.05) is 31.1 Å². The minimum Gasteiger partial charge on any atom is -0.497 e. The van der Waals surface area contributed by atoms with E-state index in [1.807, 2.05) is 38.1 Å². The molecule has 6 heteroatoms. The predicted molar refractivity (Wildman–Crippen MR) is 75.1 cm³/mol. The molecular weight excluding hydrogens is 256 g/mol. The molecule has 0 aliphatic carbocycles. The average Bonchev–Trinajstić information content (AvgIpc) is 2.63. The van der Waals surface area contributed by atoms with Gasteiger partial charge in [0.2, 0.25) is 5.91 Å². The molecule has 0 N–H and O–H groups in total. The van der Waals surface area contributed by atoms with Crippen molar-refractivity contribution in [2.75, 3.05) is 13.7 Å². The summed E-state index contributed by atoms with van der Waals surface area (Å²) in [5.74, 6) is 0.678. The molecule has 1 saturated heterocycles. The summed E-state index contributed by atoms with van der Waals surface area (Å²) in [6.45, 7) is 4.99. The van der Waals surface area contributed by atoms with Crippen molar-refractivity contribution in [1.82, 2.24) is 4.90 Å². The van der Waals surface area contributed by atoms with Crippen LogP contribution >= 0.6 is 0 Å². The maximum Gasteiger partial charge on any atom is 0.232 e. The first kappa shape index (κ1) is 14.2. The third-order valence-corrected chi connectivity index (χ3v) is 3.58. The van der Waals surface area contributed by atoms with E-state index in [-0.39, 0.29) is 11.3 Å². The molecule has 1 atom stereocenters. The number of nitrogens with zero attached hydrogens (tertiary/aromatic N) is 4. The maximum atomic E-state index is 12.3. The molecule has 20 heavy (non-hydrogen) atoms. The quantitative estimate of drug-likeness (QED) is 0.480. The normalized spacial score (nSPS) is 20.6. The molecular formula is C14H18N4O2. The molecule has 0 unspecified atom stereocenters. The minimum atomic E-state index is -0.620. The van der Waals surface area contributed by atoms with E-state index in [4.69, 9.17) is 10.3 Å². The van der Waals surface area contributed by atoms with E-state index in [0.29, 0.717) is 13.1 Å². The Balaban J connectivity index is 2.14. The van der Waals surface area contributed by atoms with E-state index in [2.05, 4.69) is 10.0 Å². The van der Waals surface area contributed by atoms with Crippen LogP contribution in [0.25, 0.3) is 10.4 Å². The second-order valence-electron chi connectivity index (χ2n) is 5.64. The Bertz CT molecular complexity index is 547. The number of azide groups is 1. The molecule has 0 bridgehead atoms. The molecule has 1 aromatic carbocycles. The highest BCUT2D eigenvalue weighted by atomic mass is 16.5. The summed E-state index contributed by atoms with van der Waals surface area (Å²) in [5, 5.41) is 3.65. The molecule has 0 radical (unpaired) electrons. The Morgan fingerprint density at radius 2 is 2.10 bits per heavy atom. The highest BCUT2D eigenvalue weighted by Crippen LogP contribution is 2.34. The zero-order valence-electron chi connectivity index (χ0n) is 11.9. The second-order valence-corrected chi connectivity index (χ2v) is 5.64. The number of ether oxygens (including phenoxy) is 1. The third kappa shape index (κ3) is 2.70. The smallest absolute Gasteiger partial charge is 0.232 e. The Morgan fingerprint density at radius 1 is 1.45 bits per heavy atom. The van der Waals surface area contributed by atoms with Gasteiger partial charge in [0.05, 0.1) is 7.11 Å². The van der Waals surface area contributed by atoms with Crippen LogP contribution in [0.5, 0.6) is 5.75 Å². The summed E-state index contributed by atoms with van der Waals surface area (Å²) in [4.78, 5) is 16.8. The second kappa shape index (κ2) is 5.43. The number of hydrogen-bond donors (Lipinski definition) is 0. The SMILES string of the molecule is COc1ccc(CN2CC(C)(C)[C@H](N=[N+]=[N-])C2=O)cc1. The molecule has 1 amide bonds. The van der Waals surface area contributed by atoms with Crippen molar-refractivity contribution in [2.45, 2.75) is 26.4 Å². The van der Waals surface area contributed by atoms with Gasteiger partial charge < -0.3 is 9.64 Å². The van der Waals surface area contributed by atoms with Crippen molar-refractivity contribution in [1.29, 1.82) is 0 Å². The lowest BCUT2D eigenvalue weighted by Gasteiger charge is -2.20. The predicted octanol–water partition coefficient (Wildman–Crippen LogP) is 2.74. The number of benzene rings is 1. The molecule has 0 spiro atoms. The lowest BCUT2D eigenvalue weighted by Crippen LogP contribution is -2.29. The molecule has 1 aliphatic heterocycles. The Hall–Kier alpha value is -2.20. The van der Waals surface area contributed by atoms with E-state index in [9.17, 15) is 4.79 Å². The first-order chi connectivity index (χ1) is 9.47. The monoisotopic (exact) mass is 274 g/mol. The van der Waals surface area contributed by atoms with Crippen molar-refractivity contribution in [3.8, 4) is 5.75 Å². The summed E-state index contributed by atoms with van der Waals surface area (Å²) in [6, 6.07) is 6.98. The van der Waals surface area contributed by atoms with Crippen molar-refractivity contribution < 1.29 is 9.53 Å². The number of hydrogen-bond acceptors (Lipinski definition) is 3. The fourth-order valence-electron chi connectivity index (χ4n) is 2.51. The highest BCUT2D eigenvalue weighted by Gasteiger charge is 2.45. The van der Waals surface area contributed by atoms with Crippen LogP contribution in [0.1, 0.15) is 19.4 Å². The molecule has 6 nitrogen and oxygen atoms in total. The highest BCUT2D eigenvalue weighted by molar-refractivity contribution is 5.85. The van der Waals surface area contributed by atoms with Gasteiger partial charge in [0.1, 0.15) is 11.8 Å². The molecule has 106 valence electrons. The first-order valence-corrected chi connectivity index (χ1v) is 6.44. The van der Waals surface area contributed by atoms with Crippen LogP contribution in [0.4, 0.5) is 0 Å². The number of carbonyl (C=O) groups excluding carboxylic acids is 1. The standard InChI is InChI=1S/C14H18N4O2/c1-14(2)9-18(13(19)12(14)16-17-15)8-10-4-6-11(20-3)7-5-10/h4-7,12H,8-9H2,1-3H3/t12-/m1/s1. The van der Waals surface area contributed by atoms with Gasteiger partial charge >= 0.3 is 0 Å². The number of amides is 1. The van der Waals surface area contributed by atoms with Crippen LogP contribution in [-0.2, 0) is 11.3 Å². The number of likely N-dealkylation sites (tertiary alicyclic amines) is 1. The van der Waals surface area contributed by atoms with Gasteiger partial charge in [-0.05, 0) is 28.6 Å². The molecule has 0 aromatic heterocycles. The lowest BCUT2D eigenvalue weighted by atomic mass is 9.88. The maximum absolute atomic E-state index is 12.3. The van der Waals surface area contributed by atoms with E-state index in [1.54, 1.807) is 12.0 Å². The summed E-state index contributed by atoms with van der Waals surface area (Å²) < 4.78 is 5.11. The van der Waals surface area contributed by atoms with Gasteiger partial charge in [-0.2, -0.15) is 0 Å². The Labute approximate surface area is 118 Å². The Kier molecular flexibility index (Phi) is 3.86. The van der Waals surface area contributed by atoms with Crippen LogP contribution < -0.4 is 4.74 Å². The molecule has 1 heterocycles. The molecule has 0 saturated carbocycles. The summed E-state index contributed by atoms with van der Waals surface area (Å²) in [7, 11) is 1.62. The van der Waals surface area contributed by atoms with Crippen LogP contribution in [0.15, 0.2) is 29.4 Å². The van der Waals surface area contributed by atoms with Gasteiger partial charge in [-0.25, -0.2) is 0 Å². The summed E-state index contributed by atoms with van der Waals surface area (Å²) in [6.07, 6.45) is 0. The largest absolute Gasteiger partial charge is 0.497 e. The van der Waals surface area contributed by atoms with Crippen LogP contribution in [0, 0.1) is 5.41 Å². The molecule has 2 rings (SSSR count). The van der Waals surface area contributed by atoms with Crippen molar-refractivity contribution in [2.24, 2.45) is 10.5 Å². The van der Waals surface area contributed by atoms with Crippen LogP contribution in [0.3, 0.4) is 0 Å². The van der Waals surface area contributed by atoms with Crippen molar-refractivity contribution in [3.05, 3.63) is 40.3 Å². The molecule has 1 fully saturated rings. The van der Waals surface area contributed by atoms with Gasteiger partial charge in [-0.15, -0.1) is 0 Å². The average molecular weight is 274 g/mol. The van der Waals surface area contributed by atoms with Crippen LogP contribution in [-0.4, -0.2) is 30.5 Å². The zero-order valence-corrected chi connectivity index (χ0v) is 11.9. The van der Waals surface area contributed by atoms with Gasteiger partial charge in [0, 0.05) is 18.0 Å². The number of methoxy groups -OCH3 is 1. The fraction of sp³-hybridized carbons (Fsp3) is 0.500. The van der Waals surface area contributed by atoms with E-state index in [1.165, 1.54) is 0 Å². The minimum absolute atomic E-state index is 0.108. The zero-order chi connectivity index (χ0) is 14.8. The van der Waals surface area contributed by atoms with E-state index >= 15 is 0 Å². The third-order valence-electron chi connectivity index (χ3n) is 3.58. The first-order valence-electron chi connectivity index (χ1n) is 6.44. The van der Waals surface area contributed by atoms with Gasteiger partial charge in [0.25, 0.3) is 0 Å². The molecule has 1 aliphatic rings. The van der Waals surface area contributed by atoms with Crippen molar-refractivity contribution in [3.63, 3.8) is 0 Å². The Morgan fingerprint density at radius 3 is 2.65 bits per heavy atom.